The molecule has 0 unspecified atom stereocenters. The Balaban J connectivity index is 1.51. The number of rotatable bonds is 3. The third-order valence-corrected chi connectivity index (χ3v) is 6.50. The van der Waals surface area contributed by atoms with E-state index in [0.29, 0.717) is 47.7 Å². The van der Waals surface area contributed by atoms with Crippen molar-refractivity contribution in [2.75, 3.05) is 6.54 Å². The average molecular weight is 476 g/mol. The summed E-state index contributed by atoms with van der Waals surface area (Å²) in [5.41, 5.74) is 4.47. The van der Waals surface area contributed by atoms with Crippen molar-refractivity contribution < 1.29 is 9.32 Å². The summed E-state index contributed by atoms with van der Waals surface area (Å²) >= 11 is 0. The van der Waals surface area contributed by atoms with E-state index in [9.17, 15) is 14.4 Å². The molecule has 9 nitrogen and oxygen atoms in total. The second-order valence-corrected chi connectivity index (χ2v) is 10.5. The van der Waals surface area contributed by atoms with E-state index in [1.807, 2.05) is 31.2 Å². The number of benzene rings is 1. The fourth-order valence-corrected chi connectivity index (χ4v) is 4.66. The van der Waals surface area contributed by atoms with Crippen molar-refractivity contribution in [2.24, 2.45) is 12.5 Å². The van der Waals surface area contributed by atoms with Gasteiger partial charge in [-0.1, -0.05) is 26.8 Å². The molecule has 0 aliphatic carbocycles. The fraction of sp³-hybridized carbons (Fsp3) is 0.385. The Bertz CT molecular complexity index is 1580. The first-order chi connectivity index (χ1) is 16.5. The molecule has 9 heteroatoms. The zero-order valence-corrected chi connectivity index (χ0v) is 20.6. The number of nitrogens with one attached hydrogen (secondary N) is 1. The SMILES string of the molecule is Cc1ccc(C(=O)N2CCc3o[nH]c(=O)c3C2)cc1-c1ccc2c(n1)n(C)c(=O)n2CC(C)(C)C. The predicted molar refractivity (Wildman–Crippen MR) is 132 cm³/mol. The highest BCUT2D eigenvalue weighted by molar-refractivity contribution is 5.96. The molecule has 0 bridgehead atoms. The lowest BCUT2D eigenvalue weighted by Crippen LogP contribution is -2.37. The van der Waals surface area contributed by atoms with Crippen LogP contribution in [0.5, 0.6) is 0 Å². The largest absolute Gasteiger partial charge is 0.383 e. The van der Waals surface area contributed by atoms with Gasteiger partial charge >= 0.3 is 5.69 Å². The zero-order chi connectivity index (χ0) is 25.1. The number of carbonyl (C=O) groups excluding carboxylic acids is 1. The standard InChI is InChI=1S/C26H29N5O4/c1-15-6-7-16(24(33)30-11-10-21-18(13-30)23(32)28-35-21)12-17(15)19-8-9-20-22(27-19)29(5)25(34)31(20)14-26(2,3)4/h6-9,12H,10-11,13-14H2,1-5H3,(H,28,32). The molecule has 1 aromatic carbocycles. The number of aryl methyl sites for hydroxylation is 2. The summed E-state index contributed by atoms with van der Waals surface area (Å²) in [6, 6.07) is 9.36. The first-order valence-electron chi connectivity index (χ1n) is 11.7. The summed E-state index contributed by atoms with van der Waals surface area (Å²) in [5, 5.41) is 2.35. The number of aromatic nitrogens is 4. The number of nitrogens with zero attached hydrogens (tertiary/aromatic N) is 4. The van der Waals surface area contributed by atoms with Gasteiger partial charge in [0.15, 0.2) is 5.65 Å². The van der Waals surface area contributed by atoms with Crippen LogP contribution < -0.4 is 11.2 Å². The third-order valence-electron chi connectivity index (χ3n) is 6.50. The van der Waals surface area contributed by atoms with E-state index < -0.39 is 0 Å². The third kappa shape index (κ3) is 4.00. The summed E-state index contributed by atoms with van der Waals surface area (Å²) < 4.78 is 8.52. The van der Waals surface area contributed by atoms with E-state index in [1.54, 1.807) is 27.1 Å². The van der Waals surface area contributed by atoms with Crippen molar-refractivity contribution in [3.63, 3.8) is 0 Å². The van der Waals surface area contributed by atoms with E-state index in [2.05, 4.69) is 25.9 Å². The van der Waals surface area contributed by atoms with E-state index in [1.165, 1.54) is 0 Å². The molecule has 0 fully saturated rings. The fourth-order valence-electron chi connectivity index (χ4n) is 4.66. The number of amides is 1. The van der Waals surface area contributed by atoms with Crippen LogP contribution in [0.25, 0.3) is 22.4 Å². The Labute approximate surface area is 202 Å². The van der Waals surface area contributed by atoms with Crippen molar-refractivity contribution in [1.82, 2.24) is 24.2 Å². The smallest absolute Gasteiger partial charge is 0.330 e. The molecular weight excluding hydrogens is 446 g/mol. The summed E-state index contributed by atoms with van der Waals surface area (Å²) in [7, 11) is 1.73. The molecule has 1 amide bonds. The van der Waals surface area contributed by atoms with Crippen LogP contribution in [-0.4, -0.2) is 36.6 Å². The molecule has 0 atom stereocenters. The quantitative estimate of drug-likeness (QED) is 0.490. The first kappa shape index (κ1) is 22.9. The van der Waals surface area contributed by atoms with Crippen LogP contribution in [0.1, 0.15) is 48.0 Å². The maximum atomic E-state index is 13.3. The van der Waals surface area contributed by atoms with Crippen molar-refractivity contribution in [3.05, 3.63) is 73.6 Å². The van der Waals surface area contributed by atoms with Crippen molar-refractivity contribution in [1.29, 1.82) is 0 Å². The van der Waals surface area contributed by atoms with Gasteiger partial charge in [0.25, 0.3) is 11.5 Å². The molecular formula is C26H29N5O4. The Hall–Kier alpha value is -3.88. The molecule has 1 aliphatic rings. The number of hydrogen-bond acceptors (Lipinski definition) is 5. The molecule has 4 aromatic rings. The Kier molecular flexibility index (Phi) is 5.30. The lowest BCUT2D eigenvalue weighted by Gasteiger charge is -2.25. The Morgan fingerprint density at radius 3 is 2.69 bits per heavy atom. The number of aromatic amines is 1. The number of pyridine rings is 1. The molecule has 0 spiro atoms. The first-order valence-corrected chi connectivity index (χ1v) is 11.7. The van der Waals surface area contributed by atoms with Gasteiger partial charge in [0, 0.05) is 37.7 Å². The van der Waals surface area contributed by atoms with Gasteiger partial charge in [0.1, 0.15) is 5.76 Å². The van der Waals surface area contributed by atoms with Gasteiger partial charge in [-0.05, 0) is 42.2 Å². The minimum absolute atomic E-state index is 0.0569. The van der Waals surface area contributed by atoms with Gasteiger partial charge in [-0.25, -0.2) is 9.78 Å². The predicted octanol–water partition coefficient (Wildman–Crippen LogP) is 3.24. The van der Waals surface area contributed by atoms with Crippen LogP contribution in [0.15, 0.2) is 44.4 Å². The minimum atomic E-state index is -0.288. The number of hydrogen-bond donors (Lipinski definition) is 1. The number of fused-ring (bicyclic) bond motifs is 2. The Morgan fingerprint density at radius 1 is 1.17 bits per heavy atom. The number of imidazole rings is 1. The Morgan fingerprint density at radius 2 is 1.94 bits per heavy atom. The van der Waals surface area contributed by atoms with Crippen LogP contribution in [-0.2, 0) is 26.6 Å². The molecule has 0 saturated carbocycles. The molecule has 0 saturated heterocycles. The second kappa shape index (κ2) is 8.11. The van der Waals surface area contributed by atoms with Crippen molar-refractivity contribution in [2.45, 2.75) is 47.2 Å². The van der Waals surface area contributed by atoms with Gasteiger partial charge in [-0.15, -0.1) is 0 Å². The molecule has 0 radical (unpaired) electrons. The van der Waals surface area contributed by atoms with Crippen LogP contribution in [0.2, 0.25) is 0 Å². The van der Waals surface area contributed by atoms with Gasteiger partial charge in [0.05, 0.1) is 23.3 Å². The summed E-state index contributed by atoms with van der Waals surface area (Å²) in [6.07, 6.45) is 0.496. The van der Waals surface area contributed by atoms with E-state index in [4.69, 9.17) is 9.51 Å². The molecule has 1 N–H and O–H groups in total. The molecule has 182 valence electrons. The highest BCUT2D eigenvalue weighted by Gasteiger charge is 2.27. The number of H-pyrrole nitrogens is 1. The van der Waals surface area contributed by atoms with Crippen LogP contribution >= 0.6 is 0 Å². The summed E-state index contributed by atoms with van der Waals surface area (Å²) in [6.45, 7) is 9.54. The molecule has 4 heterocycles. The summed E-state index contributed by atoms with van der Waals surface area (Å²) in [4.78, 5) is 44.6. The highest BCUT2D eigenvalue weighted by atomic mass is 16.5. The van der Waals surface area contributed by atoms with Gasteiger partial charge in [0.2, 0.25) is 0 Å². The maximum Gasteiger partial charge on any atom is 0.330 e. The van der Waals surface area contributed by atoms with Crippen LogP contribution in [0.4, 0.5) is 0 Å². The lowest BCUT2D eigenvalue weighted by molar-refractivity contribution is 0.0728. The van der Waals surface area contributed by atoms with Crippen LogP contribution in [0.3, 0.4) is 0 Å². The highest BCUT2D eigenvalue weighted by Crippen LogP contribution is 2.27. The molecule has 1 aliphatic heterocycles. The minimum Gasteiger partial charge on any atom is -0.383 e. The monoisotopic (exact) mass is 475 g/mol. The molecule has 5 rings (SSSR count). The van der Waals surface area contributed by atoms with E-state index >= 15 is 0 Å². The zero-order valence-electron chi connectivity index (χ0n) is 20.6. The van der Waals surface area contributed by atoms with Crippen LogP contribution in [0, 0.1) is 12.3 Å². The maximum absolute atomic E-state index is 13.3. The lowest BCUT2D eigenvalue weighted by atomic mass is 9.97. The van der Waals surface area contributed by atoms with Crippen molar-refractivity contribution in [3.8, 4) is 11.3 Å². The van der Waals surface area contributed by atoms with Gasteiger partial charge < -0.3 is 9.42 Å². The van der Waals surface area contributed by atoms with E-state index in [0.717, 1.165) is 16.6 Å². The van der Waals surface area contributed by atoms with Crippen molar-refractivity contribution >= 4 is 17.1 Å². The topological polar surface area (TPSA) is 106 Å². The second-order valence-electron chi connectivity index (χ2n) is 10.5. The number of carbonyl (C=O) groups is 1. The van der Waals surface area contributed by atoms with Gasteiger partial charge in [-0.3, -0.25) is 18.7 Å². The molecule has 3 aromatic heterocycles. The average Bonchev–Trinajstić information content (AvgIpc) is 3.30. The molecule has 35 heavy (non-hydrogen) atoms. The van der Waals surface area contributed by atoms with Gasteiger partial charge in [-0.2, -0.15) is 5.16 Å². The van der Waals surface area contributed by atoms with E-state index in [-0.39, 0.29) is 29.1 Å². The summed E-state index contributed by atoms with van der Waals surface area (Å²) in [5.74, 6) is 0.465. The normalized spacial score (nSPS) is 13.9.